The predicted molar refractivity (Wildman–Crippen MR) is 145 cm³/mol. The number of fused-ring (bicyclic) bond motifs is 1. The summed E-state index contributed by atoms with van der Waals surface area (Å²) in [5.41, 5.74) is 7.84. The lowest BCUT2D eigenvalue weighted by atomic mass is 9.96. The minimum absolute atomic E-state index is 0.191. The molecule has 0 amide bonds. The highest BCUT2D eigenvalue weighted by molar-refractivity contribution is 5.85. The van der Waals surface area contributed by atoms with Crippen LogP contribution in [-0.2, 0) is 0 Å². The topological polar surface area (TPSA) is 56.5 Å². The first-order chi connectivity index (χ1) is 16.7. The summed E-state index contributed by atoms with van der Waals surface area (Å²) in [5, 5.41) is 5.25. The number of nitrogens with zero attached hydrogens (tertiary/aromatic N) is 3. The number of hydrogen-bond donors (Lipinski definition) is 0. The summed E-state index contributed by atoms with van der Waals surface area (Å²) < 4.78 is 7.36. The van der Waals surface area contributed by atoms with Gasteiger partial charge in [-0.25, -0.2) is 4.98 Å². The summed E-state index contributed by atoms with van der Waals surface area (Å²) in [5.74, 6) is 1.64. The van der Waals surface area contributed by atoms with Gasteiger partial charge in [0.1, 0.15) is 5.75 Å². The average Bonchev–Trinajstić information content (AvgIpc) is 2.79. The molecule has 4 aromatic rings. The lowest BCUT2D eigenvalue weighted by Gasteiger charge is -2.18. The van der Waals surface area contributed by atoms with Crippen molar-refractivity contribution >= 4 is 17.1 Å². The molecule has 0 unspecified atom stereocenters. The maximum absolute atomic E-state index is 13.7. The lowest BCUT2D eigenvalue weighted by molar-refractivity contribution is 0.335. The predicted octanol–water partition coefficient (Wildman–Crippen LogP) is 6.70. The molecule has 0 saturated carbocycles. The smallest absolute Gasteiger partial charge is 0.282 e. The molecule has 0 atom stereocenters. The molecule has 1 heterocycles. The summed E-state index contributed by atoms with van der Waals surface area (Å²) >= 11 is 0. The second-order valence-corrected chi connectivity index (χ2v) is 9.42. The van der Waals surface area contributed by atoms with Crippen molar-refractivity contribution in [3.63, 3.8) is 0 Å². The number of aromatic nitrogens is 2. The van der Waals surface area contributed by atoms with Gasteiger partial charge >= 0.3 is 0 Å². The van der Waals surface area contributed by atoms with Gasteiger partial charge in [-0.1, -0.05) is 43.7 Å². The van der Waals surface area contributed by atoms with Gasteiger partial charge < -0.3 is 4.74 Å². The van der Waals surface area contributed by atoms with E-state index in [1.54, 1.807) is 12.3 Å². The van der Waals surface area contributed by atoms with E-state index in [0.29, 0.717) is 23.3 Å². The van der Waals surface area contributed by atoms with Gasteiger partial charge in [0, 0.05) is 11.1 Å². The first kappa shape index (κ1) is 24.4. The largest absolute Gasteiger partial charge is 0.494 e. The summed E-state index contributed by atoms with van der Waals surface area (Å²) in [6.45, 7) is 15.1. The van der Waals surface area contributed by atoms with E-state index in [1.807, 2.05) is 38.1 Å². The number of benzene rings is 3. The van der Waals surface area contributed by atoms with E-state index in [4.69, 9.17) is 14.8 Å². The van der Waals surface area contributed by atoms with Gasteiger partial charge in [0.05, 0.1) is 23.7 Å². The Hall–Kier alpha value is -3.73. The third kappa shape index (κ3) is 4.76. The number of para-hydroxylation sites is 1. The van der Waals surface area contributed by atoms with Crippen molar-refractivity contribution in [3.05, 3.63) is 92.3 Å². The molecule has 0 spiro atoms. The molecule has 0 N–H and O–H groups in total. The normalized spacial score (nSPS) is 11.7. The highest BCUT2D eigenvalue weighted by Gasteiger charge is 2.18. The van der Waals surface area contributed by atoms with E-state index in [1.165, 1.54) is 10.2 Å². The van der Waals surface area contributed by atoms with Crippen LogP contribution in [0.5, 0.6) is 5.75 Å². The van der Waals surface area contributed by atoms with Gasteiger partial charge in [-0.3, -0.25) is 4.79 Å². The summed E-state index contributed by atoms with van der Waals surface area (Å²) in [7, 11) is 0. The number of rotatable bonds is 6. The molecule has 0 saturated heterocycles. The molecule has 5 heteroatoms. The Kier molecular flexibility index (Phi) is 6.88. The Balaban J connectivity index is 2.00. The molecule has 4 rings (SSSR count). The summed E-state index contributed by atoms with van der Waals surface area (Å²) in [4.78, 5) is 18.6. The van der Waals surface area contributed by atoms with Crippen LogP contribution in [0, 0.1) is 27.7 Å². The van der Waals surface area contributed by atoms with Crippen molar-refractivity contribution in [1.29, 1.82) is 0 Å². The van der Waals surface area contributed by atoms with Crippen LogP contribution in [0.2, 0.25) is 0 Å². The van der Waals surface area contributed by atoms with E-state index in [0.717, 1.165) is 39.1 Å². The molecule has 1 aromatic heterocycles. The Morgan fingerprint density at radius 1 is 1.00 bits per heavy atom. The van der Waals surface area contributed by atoms with Crippen molar-refractivity contribution in [2.75, 3.05) is 6.61 Å². The van der Waals surface area contributed by atoms with Crippen molar-refractivity contribution in [1.82, 2.24) is 9.66 Å². The van der Waals surface area contributed by atoms with E-state index >= 15 is 0 Å². The Morgan fingerprint density at radius 3 is 2.34 bits per heavy atom. The molecule has 0 aliphatic heterocycles. The van der Waals surface area contributed by atoms with Crippen LogP contribution < -0.4 is 10.3 Å². The van der Waals surface area contributed by atoms with Gasteiger partial charge in [0.25, 0.3) is 5.56 Å². The van der Waals surface area contributed by atoms with Gasteiger partial charge in [0.2, 0.25) is 0 Å². The molecule has 0 bridgehead atoms. The first-order valence-corrected chi connectivity index (χ1v) is 12.1. The van der Waals surface area contributed by atoms with Crippen LogP contribution in [-0.4, -0.2) is 22.5 Å². The monoisotopic (exact) mass is 467 g/mol. The molecule has 0 fully saturated rings. The summed E-state index contributed by atoms with van der Waals surface area (Å²) in [6.07, 6.45) is 1.78. The van der Waals surface area contributed by atoms with Crippen LogP contribution in [0.25, 0.3) is 22.3 Å². The van der Waals surface area contributed by atoms with Crippen LogP contribution >= 0.6 is 0 Å². The molecule has 35 heavy (non-hydrogen) atoms. The van der Waals surface area contributed by atoms with Gasteiger partial charge in [-0.15, -0.1) is 0 Å². The van der Waals surface area contributed by atoms with Crippen molar-refractivity contribution in [2.45, 2.75) is 54.4 Å². The highest BCUT2D eigenvalue weighted by Crippen LogP contribution is 2.34. The van der Waals surface area contributed by atoms with Crippen LogP contribution in [0.15, 0.2) is 58.4 Å². The fourth-order valence-electron chi connectivity index (χ4n) is 4.59. The second kappa shape index (κ2) is 9.87. The molecule has 180 valence electrons. The van der Waals surface area contributed by atoms with Gasteiger partial charge in [-0.05, 0) is 87.1 Å². The fraction of sp³-hybridized carbons (Fsp3) is 0.300. The van der Waals surface area contributed by atoms with Gasteiger partial charge in [-0.2, -0.15) is 9.78 Å². The molecular formula is C30H33N3O2. The van der Waals surface area contributed by atoms with Gasteiger partial charge in [0.15, 0.2) is 5.82 Å². The van der Waals surface area contributed by atoms with Crippen molar-refractivity contribution in [3.8, 4) is 17.1 Å². The molecule has 3 aromatic carbocycles. The zero-order valence-electron chi connectivity index (χ0n) is 21.6. The molecule has 0 aliphatic rings. The third-order valence-electron chi connectivity index (χ3n) is 6.31. The van der Waals surface area contributed by atoms with Crippen LogP contribution in [0.4, 0.5) is 0 Å². The van der Waals surface area contributed by atoms with Crippen molar-refractivity contribution < 1.29 is 4.74 Å². The van der Waals surface area contributed by atoms with E-state index in [-0.39, 0.29) is 11.5 Å². The average molecular weight is 468 g/mol. The fourth-order valence-corrected chi connectivity index (χ4v) is 4.59. The Bertz CT molecular complexity index is 1470. The van der Waals surface area contributed by atoms with Crippen LogP contribution in [0.3, 0.4) is 0 Å². The first-order valence-electron chi connectivity index (χ1n) is 12.1. The quantitative estimate of drug-likeness (QED) is 0.296. The Morgan fingerprint density at radius 2 is 1.69 bits per heavy atom. The van der Waals surface area contributed by atoms with E-state index in [2.05, 4.69) is 52.8 Å². The zero-order chi connectivity index (χ0) is 25.3. The maximum atomic E-state index is 13.7. The SMILES string of the molecule is CCOc1cc(C)c(-c2nc3ccccc3c(=O)n2N=Cc2c(C)cc(C)cc2C)cc1C(C)C. The molecule has 0 aliphatic carbocycles. The minimum atomic E-state index is -0.191. The lowest BCUT2D eigenvalue weighted by Crippen LogP contribution is -2.21. The Labute approximate surface area is 207 Å². The molecular weight excluding hydrogens is 434 g/mol. The number of aryl methyl sites for hydroxylation is 4. The van der Waals surface area contributed by atoms with E-state index < -0.39 is 0 Å². The minimum Gasteiger partial charge on any atom is -0.494 e. The van der Waals surface area contributed by atoms with E-state index in [9.17, 15) is 4.79 Å². The number of ether oxygens (including phenoxy) is 1. The third-order valence-corrected chi connectivity index (χ3v) is 6.31. The zero-order valence-corrected chi connectivity index (χ0v) is 21.6. The standard InChI is InChI=1S/C30H33N3O2/c1-8-35-28-15-22(7)25(16-24(28)18(2)3)29-32-27-12-10-9-11-23(27)30(34)33(29)31-17-26-20(5)13-19(4)14-21(26)6/h9-18H,8H2,1-7H3. The highest BCUT2D eigenvalue weighted by atomic mass is 16.5. The molecule has 5 nitrogen and oxygen atoms in total. The second-order valence-electron chi connectivity index (χ2n) is 9.42. The van der Waals surface area contributed by atoms with Crippen LogP contribution in [0.1, 0.15) is 60.1 Å². The summed E-state index contributed by atoms with van der Waals surface area (Å²) in [6, 6.07) is 15.8. The number of hydrogen-bond acceptors (Lipinski definition) is 4. The van der Waals surface area contributed by atoms with Crippen molar-refractivity contribution in [2.24, 2.45) is 5.10 Å². The molecule has 0 radical (unpaired) electrons. The maximum Gasteiger partial charge on any atom is 0.282 e.